The number of likely N-dealkylation sites (tertiary alicyclic amines) is 1. The minimum atomic E-state index is 0. The first-order valence-electron chi connectivity index (χ1n) is 9.98. The second kappa shape index (κ2) is 10.2. The van der Waals surface area contributed by atoms with Gasteiger partial charge in [-0.15, -0.1) is 24.0 Å². The van der Waals surface area contributed by atoms with E-state index in [0.717, 1.165) is 37.3 Å². The molecule has 1 atom stereocenters. The van der Waals surface area contributed by atoms with E-state index in [0.29, 0.717) is 17.6 Å². The number of aromatic nitrogens is 3. The van der Waals surface area contributed by atoms with Gasteiger partial charge in [0.2, 0.25) is 5.82 Å². The molecule has 2 aromatic heterocycles. The Hall–Kier alpha value is -1.62. The lowest BCUT2D eigenvalue weighted by Crippen LogP contribution is -2.45. The van der Waals surface area contributed by atoms with Gasteiger partial charge in [-0.2, -0.15) is 5.10 Å². The zero-order valence-electron chi connectivity index (χ0n) is 16.4. The number of furan rings is 1. The molecule has 1 saturated carbocycles. The molecule has 0 bridgehead atoms. The number of H-pyrrole nitrogens is 1. The highest BCUT2D eigenvalue weighted by atomic mass is 127. The van der Waals surface area contributed by atoms with E-state index in [-0.39, 0.29) is 24.0 Å². The Morgan fingerprint density at radius 1 is 1.36 bits per heavy atom. The summed E-state index contributed by atoms with van der Waals surface area (Å²) in [4.78, 5) is 11.5. The number of nitrogens with zero attached hydrogens (tertiary/aromatic N) is 4. The minimum Gasteiger partial charge on any atom is -0.461 e. The van der Waals surface area contributed by atoms with Gasteiger partial charge in [-0.3, -0.25) is 15.0 Å². The first-order chi connectivity index (χ1) is 13.3. The molecule has 3 heterocycles. The van der Waals surface area contributed by atoms with Crippen molar-refractivity contribution in [2.75, 3.05) is 26.7 Å². The summed E-state index contributed by atoms with van der Waals surface area (Å²) in [6.07, 6.45) is 9.09. The normalized spacial score (nSPS) is 21.0. The van der Waals surface area contributed by atoms with Gasteiger partial charge >= 0.3 is 0 Å². The number of aromatic amines is 1. The number of nitrogens with one attached hydrogen (secondary N) is 3. The molecular weight excluding hydrogens is 469 g/mol. The van der Waals surface area contributed by atoms with Crippen LogP contribution < -0.4 is 10.6 Å². The molecule has 4 rings (SSSR count). The van der Waals surface area contributed by atoms with E-state index >= 15 is 0 Å². The Kier molecular flexibility index (Phi) is 7.72. The second-order valence-electron chi connectivity index (χ2n) is 7.40. The quantitative estimate of drug-likeness (QED) is 0.321. The van der Waals surface area contributed by atoms with E-state index in [9.17, 15) is 0 Å². The molecule has 28 heavy (non-hydrogen) atoms. The van der Waals surface area contributed by atoms with Crippen LogP contribution in [0.15, 0.2) is 27.8 Å². The molecule has 0 aromatic carbocycles. The number of halogens is 1. The van der Waals surface area contributed by atoms with Gasteiger partial charge in [0, 0.05) is 45.2 Å². The van der Waals surface area contributed by atoms with E-state index in [1.54, 1.807) is 6.26 Å². The van der Waals surface area contributed by atoms with Crippen LogP contribution in [0.1, 0.15) is 37.9 Å². The van der Waals surface area contributed by atoms with Crippen LogP contribution in [0.2, 0.25) is 0 Å². The second-order valence-corrected chi connectivity index (χ2v) is 7.40. The third-order valence-corrected chi connectivity index (χ3v) is 5.55. The van der Waals surface area contributed by atoms with Gasteiger partial charge in [0.1, 0.15) is 5.82 Å². The third-order valence-electron chi connectivity index (χ3n) is 5.55. The summed E-state index contributed by atoms with van der Waals surface area (Å²) in [6.45, 7) is 3.07. The molecule has 1 aliphatic heterocycles. The van der Waals surface area contributed by atoms with Crippen molar-refractivity contribution < 1.29 is 4.42 Å². The SMILES string of the molecule is CN=C(NCCc1nc(-c2ccco2)n[nH]1)NC1CCN(C2CCCC2)C1.I. The van der Waals surface area contributed by atoms with Gasteiger partial charge in [-0.1, -0.05) is 12.8 Å². The average Bonchev–Trinajstić information content (AvgIpc) is 3.48. The molecule has 2 aliphatic rings. The molecular formula is C19H30IN7O. The third kappa shape index (κ3) is 5.25. The first kappa shape index (κ1) is 21.1. The Morgan fingerprint density at radius 2 is 2.21 bits per heavy atom. The molecule has 2 aromatic rings. The van der Waals surface area contributed by atoms with Gasteiger partial charge in [0.25, 0.3) is 0 Å². The van der Waals surface area contributed by atoms with Gasteiger partial charge in [-0.25, -0.2) is 4.98 Å². The summed E-state index contributed by atoms with van der Waals surface area (Å²) >= 11 is 0. The maximum atomic E-state index is 5.32. The highest BCUT2D eigenvalue weighted by molar-refractivity contribution is 14.0. The van der Waals surface area contributed by atoms with Gasteiger partial charge in [0.15, 0.2) is 11.7 Å². The van der Waals surface area contributed by atoms with E-state index < -0.39 is 0 Å². The van der Waals surface area contributed by atoms with Crippen LogP contribution >= 0.6 is 24.0 Å². The largest absolute Gasteiger partial charge is 0.461 e. The standard InChI is InChI=1S/C19H29N7O.HI/c1-20-19(22-14-9-11-26(13-14)15-5-2-3-6-15)21-10-8-17-23-18(25-24-17)16-7-4-12-27-16;/h4,7,12,14-15H,2-3,5-6,8-11,13H2,1H3,(H2,20,21,22)(H,23,24,25);1H. The van der Waals surface area contributed by atoms with Crippen molar-refractivity contribution in [2.24, 2.45) is 4.99 Å². The van der Waals surface area contributed by atoms with Crippen LogP contribution in [0, 0.1) is 0 Å². The van der Waals surface area contributed by atoms with Crippen LogP contribution in [0.3, 0.4) is 0 Å². The molecule has 3 N–H and O–H groups in total. The summed E-state index contributed by atoms with van der Waals surface area (Å²) in [5.41, 5.74) is 0. The molecule has 8 nitrogen and oxygen atoms in total. The number of hydrogen-bond acceptors (Lipinski definition) is 5. The Balaban J connectivity index is 0.00000225. The molecule has 0 spiro atoms. The maximum Gasteiger partial charge on any atom is 0.216 e. The Bertz CT molecular complexity index is 739. The number of aliphatic imine (C=N–C) groups is 1. The predicted octanol–water partition coefficient (Wildman–Crippen LogP) is 2.41. The lowest BCUT2D eigenvalue weighted by molar-refractivity contribution is 0.242. The average molecular weight is 499 g/mol. The van der Waals surface area contributed by atoms with Crippen molar-refractivity contribution in [3.8, 4) is 11.6 Å². The van der Waals surface area contributed by atoms with Crippen LogP contribution in [0.25, 0.3) is 11.6 Å². The van der Waals surface area contributed by atoms with Crippen LogP contribution in [0.5, 0.6) is 0 Å². The van der Waals surface area contributed by atoms with Gasteiger partial charge < -0.3 is 15.1 Å². The lowest BCUT2D eigenvalue weighted by atomic mass is 10.2. The van der Waals surface area contributed by atoms with Crippen molar-refractivity contribution in [3.63, 3.8) is 0 Å². The Morgan fingerprint density at radius 3 is 2.96 bits per heavy atom. The molecule has 0 radical (unpaired) electrons. The van der Waals surface area contributed by atoms with E-state index in [1.807, 2.05) is 19.2 Å². The van der Waals surface area contributed by atoms with Gasteiger partial charge in [-0.05, 0) is 31.4 Å². The lowest BCUT2D eigenvalue weighted by Gasteiger charge is -2.24. The van der Waals surface area contributed by atoms with Crippen molar-refractivity contribution in [3.05, 3.63) is 24.2 Å². The van der Waals surface area contributed by atoms with E-state index in [2.05, 4.69) is 35.7 Å². The molecule has 9 heteroatoms. The van der Waals surface area contributed by atoms with Crippen molar-refractivity contribution in [1.29, 1.82) is 0 Å². The number of hydrogen-bond donors (Lipinski definition) is 3. The van der Waals surface area contributed by atoms with Crippen LogP contribution in [-0.2, 0) is 6.42 Å². The van der Waals surface area contributed by atoms with Crippen molar-refractivity contribution in [1.82, 2.24) is 30.7 Å². The van der Waals surface area contributed by atoms with Crippen LogP contribution in [0.4, 0.5) is 0 Å². The minimum absolute atomic E-state index is 0. The maximum absolute atomic E-state index is 5.32. The molecule has 2 fully saturated rings. The smallest absolute Gasteiger partial charge is 0.216 e. The fourth-order valence-electron chi connectivity index (χ4n) is 4.12. The summed E-state index contributed by atoms with van der Waals surface area (Å²) in [5, 5.41) is 14.1. The molecule has 1 saturated heterocycles. The van der Waals surface area contributed by atoms with Crippen LogP contribution in [-0.4, -0.2) is 64.8 Å². The topological polar surface area (TPSA) is 94.4 Å². The number of rotatable bonds is 6. The zero-order chi connectivity index (χ0) is 18.5. The van der Waals surface area contributed by atoms with E-state index in [4.69, 9.17) is 4.42 Å². The predicted molar refractivity (Wildman–Crippen MR) is 120 cm³/mol. The summed E-state index contributed by atoms with van der Waals surface area (Å²) in [5.74, 6) is 2.96. The zero-order valence-corrected chi connectivity index (χ0v) is 18.7. The highest BCUT2D eigenvalue weighted by Gasteiger charge is 2.30. The monoisotopic (exact) mass is 499 g/mol. The summed E-state index contributed by atoms with van der Waals surface area (Å²) < 4.78 is 5.32. The summed E-state index contributed by atoms with van der Waals surface area (Å²) in [7, 11) is 1.82. The van der Waals surface area contributed by atoms with Gasteiger partial charge in [0.05, 0.1) is 6.26 Å². The molecule has 1 aliphatic carbocycles. The molecule has 1 unspecified atom stereocenters. The highest BCUT2D eigenvalue weighted by Crippen LogP contribution is 2.26. The first-order valence-corrected chi connectivity index (χ1v) is 9.98. The van der Waals surface area contributed by atoms with E-state index in [1.165, 1.54) is 38.6 Å². The summed E-state index contributed by atoms with van der Waals surface area (Å²) in [6, 6.07) is 4.97. The van der Waals surface area contributed by atoms with Crippen molar-refractivity contribution in [2.45, 2.75) is 50.6 Å². The molecule has 0 amide bonds. The fourth-order valence-corrected chi connectivity index (χ4v) is 4.12. The fraction of sp³-hybridized carbons (Fsp3) is 0.632. The Labute approximate surface area is 183 Å². The molecule has 154 valence electrons. The van der Waals surface area contributed by atoms with Crippen molar-refractivity contribution >= 4 is 29.9 Å². The number of guanidine groups is 1.